The number of hydrogen-bond donors (Lipinski definition) is 2. The van der Waals surface area contributed by atoms with E-state index in [0.29, 0.717) is 25.2 Å². The van der Waals surface area contributed by atoms with Gasteiger partial charge in [-0.25, -0.2) is 4.98 Å². The van der Waals surface area contributed by atoms with Crippen LogP contribution in [-0.2, 0) is 24.2 Å². The Kier molecular flexibility index (Phi) is 5.20. The molecule has 29 heavy (non-hydrogen) atoms. The lowest BCUT2D eigenvalue weighted by molar-refractivity contribution is -0.133. The third-order valence-electron chi connectivity index (χ3n) is 5.85. The van der Waals surface area contributed by atoms with Crippen molar-refractivity contribution in [3.8, 4) is 0 Å². The summed E-state index contributed by atoms with van der Waals surface area (Å²) in [5, 5.41) is 10.2. The summed E-state index contributed by atoms with van der Waals surface area (Å²) in [7, 11) is 2.04. The molecule has 1 amide bonds. The molecule has 0 unspecified atom stereocenters. The fourth-order valence-electron chi connectivity index (χ4n) is 4.16. The highest BCUT2D eigenvalue weighted by atomic mass is 16.2. The van der Waals surface area contributed by atoms with Crippen molar-refractivity contribution < 1.29 is 4.79 Å². The summed E-state index contributed by atoms with van der Waals surface area (Å²) in [5.41, 5.74) is 3.03. The van der Waals surface area contributed by atoms with Gasteiger partial charge in [0.1, 0.15) is 11.4 Å². The lowest BCUT2D eigenvalue weighted by Gasteiger charge is -2.38. The number of fused-ring (bicyclic) bond motifs is 1. The van der Waals surface area contributed by atoms with E-state index in [1.807, 2.05) is 51.2 Å². The highest BCUT2D eigenvalue weighted by Gasteiger charge is 2.47. The number of likely N-dealkylation sites (N-methyl/N-ethyl adjacent to an activating group) is 1. The van der Waals surface area contributed by atoms with E-state index in [0.717, 1.165) is 5.82 Å². The van der Waals surface area contributed by atoms with Gasteiger partial charge in [0.25, 0.3) is 0 Å². The first-order valence-corrected chi connectivity index (χ1v) is 10.00. The zero-order valence-corrected chi connectivity index (χ0v) is 17.1. The fraction of sp³-hybridized carbons (Fsp3) is 0.348. The molecule has 1 heterocycles. The van der Waals surface area contributed by atoms with Crippen LogP contribution in [0.4, 0.5) is 0 Å². The molecule has 3 aromatic rings. The Balaban J connectivity index is 1.61. The number of hydrogen-bond acceptors (Lipinski definition) is 4. The first-order valence-electron chi connectivity index (χ1n) is 10.00. The predicted octanol–water partition coefficient (Wildman–Crippen LogP) is 2.96. The van der Waals surface area contributed by atoms with Crippen molar-refractivity contribution in [3.63, 3.8) is 0 Å². The Bertz CT molecular complexity index is 972. The minimum absolute atomic E-state index is 0.0158. The number of carbonyl (C=O) groups excluding carboxylic acids is 1. The molecule has 0 bridgehead atoms. The van der Waals surface area contributed by atoms with Gasteiger partial charge in [-0.05, 0) is 37.6 Å². The molecule has 0 fully saturated rings. The van der Waals surface area contributed by atoms with Crippen LogP contribution in [0.15, 0.2) is 54.6 Å². The number of amides is 1. The Morgan fingerprint density at radius 3 is 2.34 bits per heavy atom. The van der Waals surface area contributed by atoms with Gasteiger partial charge in [0.2, 0.25) is 5.91 Å². The predicted molar refractivity (Wildman–Crippen MR) is 112 cm³/mol. The normalized spacial score (nSPS) is 15.9. The molecule has 6 heteroatoms. The minimum Gasteiger partial charge on any atom is -0.345 e. The summed E-state index contributed by atoms with van der Waals surface area (Å²) < 4.78 is 0. The van der Waals surface area contributed by atoms with Gasteiger partial charge in [-0.3, -0.25) is 14.8 Å². The zero-order chi connectivity index (χ0) is 20.4. The van der Waals surface area contributed by atoms with E-state index in [1.165, 1.54) is 16.7 Å². The van der Waals surface area contributed by atoms with Gasteiger partial charge < -0.3 is 5.32 Å². The molecule has 2 aromatic carbocycles. The Morgan fingerprint density at radius 1 is 1.14 bits per heavy atom. The number of benzene rings is 2. The van der Waals surface area contributed by atoms with Crippen LogP contribution in [0.5, 0.6) is 0 Å². The molecule has 150 valence electrons. The van der Waals surface area contributed by atoms with Gasteiger partial charge in [-0.15, -0.1) is 0 Å². The number of carbonyl (C=O) groups is 1. The largest absolute Gasteiger partial charge is 0.345 e. The lowest BCUT2D eigenvalue weighted by atomic mass is 9.91. The zero-order valence-electron chi connectivity index (χ0n) is 17.1. The van der Waals surface area contributed by atoms with Crippen molar-refractivity contribution in [1.82, 2.24) is 25.4 Å². The summed E-state index contributed by atoms with van der Waals surface area (Å²) in [4.78, 5) is 20.2. The summed E-state index contributed by atoms with van der Waals surface area (Å²) in [5.74, 6) is 1.36. The van der Waals surface area contributed by atoms with Gasteiger partial charge in [-0.2, -0.15) is 5.10 Å². The maximum Gasteiger partial charge on any atom is 0.241 e. The van der Waals surface area contributed by atoms with Gasteiger partial charge in [-0.1, -0.05) is 54.6 Å². The Hall–Kier alpha value is -2.99. The van der Waals surface area contributed by atoms with Crippen LogP contribution in [0.2, 0.25) is 0 Å². The molecular formula is C23H27N5O. The van der Waals surface area contributed by atoms with Crippen molar-refractivity contribution >= 4 is 5.91 Å². The standard InChI is InChI=1S/C23H27N5O/c1-16(21-25-17(2)26-27-21)24-22(29)23(13-19-11-7-8-12-20(19)14-23)28(3)15-18-9-5-4-6-10-18/h4-12,16H,13-15H2,1-3H3,(H,24,29)(H,25,26,27)/t16-/m1/s1. The van der Waals surface area contributed by atoms with Crippen molar-refractivity contribution in [1.29, 1.82) is 0 Å². The van der Waals surface area contributed by atoms with Crippen molar-refractivity contribution in [2.45, 2.75) is 44.8 Å². The van der Waals surface area contributed by atoms with Crippen LogP contribution in [0.3, 0.4) is 0 Å². The molecule has 0 saturated heterocycles. The number of nitrogens with one attached hydrogen (secondary N) is 2. The summed E-state index contributed by atoms with van der Waals surface area (Å²) in [6.07, 6.45) is 1.39. The number of aromatic nitrogens is 3. The maximum atomic E-state index is 13.6. The van der Waals surface area contributed by atoms with E-state index in [9.17, 15) is 4.79 Å². The molecule has 6 nitrogen and oxygen atoms in total. The molecule has 4 rings (SSSR count). The van der Waals surface area contributed by atoms with Crippen molar-refractivity contribution in [2.24, 2.45) is 0 Å². The second-order valence-corrected chi connectivity index (χ2v) is 7.97. The quantitative estimate of drug-likeness (QED) is 0.680. The van der Waals surface area contributed by atoms with Gasteiger partial charge in [0.15, 0.2) is 5.82 Å². The number of rotatable bonds is 6. The molecule has 0 spiro atoms. The number of H-pyrrole nitrogens is 1. The fourth-order valence-corrected chi connectivity index (χ4v) is 4.16. The van der Waals surface area contributed by atoms with Gasteiger partial charge >= 0.3 is 0 Å². The van der Waals surface area contributed by atoms with E-state index in [4.69, 9.17) is 0 Å². The molecule has 1 aromatic heterocycles. The van der Waals surface area contributed by atoms with E-state index in [-0.39, 0.29) is 11.9 Å². The molecule has 0 radical (unpaired) electrons. The molecule has 1 atom stereocenters. The third kappa shape index (κ3) is 3.80. The summed E-state index contributed by atoms with van der Waals surface area (Å²) in [6, 6.07) is 18.4. The summed E-state index contributed by atoms with van der Waals surface area (Å²) in [6.45, 7) is 4.48. The van der Waals surface area contributed by atoms with Crippen LogP contribution in [-0.4, -0.2) is 38.6 Å². The average molecular weight is 390 g/mol. The number of aryl methyl sites for hydroxylation is 1. The van der Waals surface area contributed by atoms with Crippen LogP contribution in [0, 0.1) is 6.92 Å². The van der Waals surface area contributed by atoms with Crippen LogP contribution >= 0.6 is 0 Å². The number of nitrogens with zero attached hydrogens (tertiary/aromatic N) is 3. The van der Waals surface area contributed by atoms with E-state index < -0.39 is 5.54 Å². The lowest BCUT2D eigenvalue weighted by Crippen LogP contribution is -2.58. The van der Waals surface area contributed by atoms with E-state index in [1.54, 1.807) is 0 Å². The number of aromatic amines is 1. The smallest absolute Gasteiger partial charge is 0.241 e. The monoisotopic (exact) mass is 389 g/mol. The molecule has 0 aliphatic heterocycles. The first kappa shape index (κ1) is 19.3. The highest BCUT2D eigenvalue weighted by molar-refractivity contribution is 5.88. The maximum absolute atomic E-state index is 13.6. The molecule has 2 N–H and O–H groups in total. The summed E-state index contributed by atoms with van der Waals surface area (Å²) >= 11 is 0. The van der Waals surface area contributed by atoms with Gasteiger partial charge in [0.05, 0.1) is 6.04 Å². The Labute approximate surface area is 171 Å². The van der Waals surface area contributed by atoms with Crippen molar-refractivity contribution in [2.75, 3.05) is 7.05 Å². The topological polar surface area (TPSA) is 73.9 Å². The van der Waals surface area contributed by atoms with Crippen LogP contribution in [0.25, 0.3) is 0 Å². The first-order chi connectivity index (χ1) is 14.0. The van der Waals surface area contributed by atoms with E-state index in [2.05, 4.69) is 49.7 Å². The second-order valence-electron chi connectivity index (χ2n) is 7.97. The molecule has 1 aliphatic rings. The van der Waals surface area contributed by atoms with Crippen LogP contribution < -0.4 is 5.32 Å². The minimum atomic E-state index is -0.640. The Morgan fingerprint density at radius 2 is 1.76 bits per heavy atom. The van der Waals surface area contributed by atoms with Crippen LogP contribution in [0.1, 0.15) is 41.3 Å². The molecule has 1 aliphatic carbocycles. The highest BCUT2D eigenvalue weighted by Crippen LogP contribution is 2.35. The van der Waals surface area contributed by atoms with Crippen molar-refractivity contribution in [3.05, 3.63) is 82.9 Å². The molecule has 0 saturated carbocycles. The third-order valence-corrected chi connectivity index (χ3v) is 5.85. The SMILES string of the molecule is Cc1nc([C@@H](C)NC(=O)C2(N(C)Cc3ccccc3)Cc3ccccc3C2)n[nH]1. The van der Waals surface area contributed by atoms with E-state index >= 15 is 0 Å². The van der Waals surface area contributed by atoms with Gasteiger partial charge in [0, 0.05) is 19.4 Å². The second kappa shape index (κ2) is 7.79. The molecular weight excluding hydrogens is 362 g/mol. The average Bonchev–Trinajstić information content (AvgIpc) is 3.33.